The predicted molar refractivity (Wildman–Crippen MR) is 42.7 cm³/mol. The molecule has 0 saturated carbocycles. The summed E-state index contributed by atoms with van der Waals surface area (Å²) in [5.41, 5.74) is 0.661. The Morgan fingerprint density at radius 3 is 2.60 bits per heavy atom. The Morgan fingerprint density at radius 1 is 1.40 bits per heavy atom. The van der Waals surface area contributed by atoms with Crippen molar-refractivity contribution in [3.63, 3.8) is 0 Å². The van der Waals surface area contributed by atoms with Crippen molar-refractivity contribution in [3.8, 4) is 5.75 Å². The molecule has 0 amide bonds. The Balaban J connectivity index is 3.14. The summed E-state index contributed by atoms with van der Waals surface area (Å²) in [6.45, 7) is 0. The van der Waals surface area contributed by atoms with Crippen molar-refractivity contribution >= 4 is 23.2 Å². The van der Waals surface area contributed by atoms with E-state index in [-0.39, 0.29) is 11.6 Å². The van der Waals surface area contributed by atoms with Crippen LogP contribution in [0.5, 0.6) is 5.75 Å². The molecule has 1 rings (SSSR count). The summed E-state index contributed by atoms with van der Waals surface area (Å²) in [4.78, 5) is 0. The number of aromatic hydroxyl groups is 1. The van der Waals surface area contributed by atoms with Gasteiger partial charge in [-0.15, -0.1) is 11.6 Å². The third-order valence-electron chi connectivity index (χ3n) is 1.21. The monoisotopic (exact) mass is 176 g/mol. The lowest BCUT2D eigenvalue weighted by atomic mass is 10.2. The molecule has 1 nitrogen and oxygen atoms in total. The molecular formula is C7H6Cl2O. The van der Waals surface area contributed by atoms with Gasteiger partial charge in [0, 0.05) is 5.56 Å². The zero-order valence-electron chi connectivity index (χ0n) is 5.14. The molecule has 54 valence electrons. The molecule has 0 atom stereocenters. The van der Waals surface area contributed by atoms with Crippen molar-refractivity contribution in [3.05, 3.63) is 28.8 Å². The first-order chi connectivity index (χ1) is 4.75. The third-order valence-corrected chi connectivity index (χ3v) is 1.81. The second-order valence-electron chi connectivity index (χ2n) is 1.88. The normalized spacial score (nSPS) is 9.80. The Morgan fingerprint density at radius 2 is 2.10 bits per heavy atom. The van der Waals surface area contributed by atoms with Crippen LogP contribution in [-0.2, 0) is 5.88 Å². The maximum Gasteiger partial charge on any atom is 0.138 e. The summed E-state index contributed by atoms with van der Waals surface area (Å²) in [7, 11) is 0. The van der Waals surface area contributed by atoms with E-state index in [9.17, 15) is 5.11 Å². The molecule has 0 aliphatic carbocycles. The second kappa shape index (κ2) is 3.13. The summed E-state index contributed by atoms with van der Waals surface area (Å²) in [5.74, 6) is 0.367. The zero-order chi connectivity index (χ0) is 7.56. The molecule has 0 spiro atoms. The fourth-order valence-corrected chi connectivity index (χ4v) is 1.08. The molecule has 10 heavy (non-hydrogen) atoms. The van der Waals surface area contributed by atoms with Gasteiger partial charge in [-0.2, -0.15) is 0 Å². The van der Waals surface area contributed by atoms with E-state index >= 15 is 0 Å². The largest absolute Gasteiger partial charge is 0.506 e. The lowest BCUT2D eigenvalue weighted by Crippen LogP contribution is -1.78. The minimum atomic E-state index is 0.0826. The van der Waals surface area contributed by atoms with Crippen LogP contribution in [0.3, 0.4) is 0 Å². The van der Waals surface area contributed by atoms with E-state index in [0.717, 1.165) is 0 Å². The highest BCUT2D eigenvalue weighted by Gasteiger charge is 2.01. The van der Waals surface area contributed by atoms with E-state index in [2.05, 4.69) is 0 Å². The van der Waals surface area contributed by atoms with Gasteiger partial charge in [-0.3, -0.25) is 0 Å². The standard InChI is InChI=1S/C7H6Cl2O/c8-4-5-2-1-3-6(9)7(5)10/h1-3,10H,4H2. The number of para-hydroxylation sites is 1. The Hall–Kier alpha value is -0.400. The Labute approximate surface area is 69.2 Å². The van der Waals surface area contributed by atoms with E-state index in [0.29, 0.717) is 10.6 Å². The molecule has 0 unspecified atom stereocenters. The van der Waals surface area contributed by atoms with E-state index in [1.165, 1.54) is 0 Å². The quantitative estimate of drug-likeness (QED) is 0.654. The molecule has 3 heteroatoms. The van der Waals surface area contributed by atoms with Gasteiger partial charge in [0.25, 0.3) is 0 Å². The molecule has 0 bridgehead atoms. The first kappa shape index (κ1) is 7.70. The predicted octanol–water partition coefficient (Wildman–Crippen LogP) is 2.78. The second-order valence-corrected chi connectivity index (χ2v) is 2.56. The molecule has 1 N–H and O–H groups in total. The van der Waals surface area contributed by atoms with Crippen molar-refractivity contribution in [1.82, 2.24) is 0 Å². The van der Waals surface area contributed by atoms with E-state index in [4.69, 9.17) is 23.2 Å². The Kier molecular flexibility index (Phi) is 2.41. The third kappa shape index (κ3) is 1.36. The van der Waals surface area contributed by atoms with Crippen LogP contribution in [0.15, 0.2) is 18.2 Å². The van der Waals surface area contributed by atoms with Crippen LogP contribution in [0.2, 0.25) is 5.02 Å². The van der Waals surface area contributed by atoms with Crippen LogP contribution in [0, 0.1) is 0 Å². The van der Waals surface area contributed by atoms with Gasteiger partial charge in [-0.05, 0) is 6.07 Å². The number of hydrogen-bond donors (Lipinski definition) is 1. The smallest absolute Gasteiger partial charge is 0.138 e. The molecule has 0 fully saturated rings. The van der Waals surface area contributed by atoms with Gasteiger partial charge in [0.05, 0.1) is 10.9 Å². The van der Waals surface area contributed by atoms with Gasteiger partial charge < -0.3 is 5.11 Å². The van der Waals surface area contributed by atoms with Crippen LogP contribution in [0.1, 0.15) is 5.56 Å². The molecule has 0 saturated heterocycles. The average molecular weight is 177 g/mol. The van der Waals surface area contributed by atoms with Crippen molar-refractivity contribution < 1.29 is 5.11 Å². The molecule has 0 heterocycles. The number of phenols is 1. The topological polar surface area (TPSA) is 20.2 Å². The Bertz CT molecular complexity index is 235. The lowest BCUT2D eigenvalue weighted by molar-refractivity contribution is 0.471. The summed E-state index contributed by atoms with van der Waals surface area (Å²) in [6, 6.07) is 5.10. The van der Waals surface area contributed by atoms with Crippen LogP contribution in [0.4, 0.5) is 0 Å². The van der Waals surface area contributed by atoms with Gasteiger partial charge in [0.2, 0.25) is 0 Å². The molecule has 0 aliphatic rings. The summed E-state index contributed by atoms with van der Waals surface area (Å²) in [6.07, 6.45) is 0. The summed E-state index contributed by atoms with van der Waals surface area (Å²) < 4.78 is 0. The van der Waals surface area contributed by atoms with E-state index < -0.39 is 0 Å². The van der Waals surface area contributed by atoms with Crippen molar-refractivity contribution in [2.24, 2.45) is 0 Å². The maximum atomic E-state index is 9.18. The first-order valence-electron chi connectivity index (χ1n) is 2.78. The molecule has 1 aromatic carbocycles. The van der Waals surface area contributed by atoms with E-state index in [1.807, 2.05) is 0 Å². The number of hydrogen-bond acceptors (Lipinski definition) is 1. The number of halogens is 2. The van der Waals surface area contributed by atoms with Crippen LogP contribution in [0.25, 0.3) is 0 Å². The van der Waals surface area contributed by atoms with Crippen LogP contribution >= 0.6 is 23.2 Å². The van der Waals surface area contributed by atoms with Gasteiger partial charge >= 0.3 is 0 Å². The van der Waals surface area contributed by atoms with Gasteiger partial charge in [0.15, 0.2) is 0 Å². The maximum absolute atomic E-state index is 9.18. The number of benzene rings is 1. The highest BCUT2D eigenvalue weighted by Crippen LogP contribution is 2.27. The number of phenolic OH excluding ortho intramolecular Hbond substituents is 1. The van der Waals surface area contributed by atoms with E-state index in [1.54, 1.807) is 18.2 Å². The van der Waals surface area contributed by atoms with Gasteiger partial charge in [0.1, 0.15) is 5.75 Å². The highest BCUT2D eigenvalue weighted by atomic mass is 35.5. The number of rotatable bonds is 1. The van der Waals surface area contributed by atoms with Gasteiger partial charge in [-0.1, -0.05) is 23.7 Å². The molecule has 0 aromatic heterocycles. The van der Waals surface area contributed by atoms with Crippen LogP contribution < -0.4 is 0 Å². The highest BCUT2D eigenvalue weighted by molar-refractivity contribution is 6.32. The van der Waals surface area contributed by atoms with Crippen molar-refractivity contribution in [2.75, 3.05) is 0 Å². The fourth-order valence-electron chi connectivity index (χ4n) is 0.668. The fraction of sp³-hybridized carbons (Fsp3) is 0.143. The molecule has 0 radical (unpaired) electrons. The van der Waals surface area contributed by atoms with Crippen LogP contribution in [-0.4, -0.2) is 5.11 Å². The van der Waals surface area contributed by atoms with Crippen molar-refractivity contribution in [2.45, 2.75) is 5.88 Å². The molecule has 1 aromatic rings. The minimum absolute atomic E-state index is 0.0826. The molecular weight excluding hydrogens is 171 g/mol. The van der Waals surface area contributed by atoms with Crippen molar-refractivity contribution in [1.29, 1.82) is 0 Å². The lowest BCUT2D eigenvalue weighted by Gasteiger charge is -1.99. The SMILES string of the molecule is Oc1c(Cl)cccc1CCl. The first-order valence-corrected chi connectivity index (χ1v) is 3.69. The summed E-state index contributed by atoms with van der Waals surface area (Å²) >= 11 is 11.1. The number of alkyl halides is 1. The zero-order valence-corrected chi connectivity index (χ0v) is 6.65. The average Bonchev–Trinajstić information content (AvgIpc) is 1.95. The summed E-state index contributed by atoms with van der Waals surface area (Å²) in [5, 5.41) is 9.53. The van der Waals surface area contributed by atoms with Gasteiger partial charge in [-0.25, -0.2) is 0 Å². The molecule has 0 aliphatic heterocycles. The minimum Gasteiger partial charge on any atom is -0.506 e.